The first kappa shape index (κ1) is 20.9. The molecule has 0 spiro atoms. The highest BCUT2D eigenvalue weighted by Crippen LogP contribution is 2.27. The van der Waals surface area contributed by atoms with Crippen LogP contribution in [0.15, 0.2) is 54.6 Å². The Kier molecular flexibility index (Phi) is 6.91. The minimum Gasteiger partial charge on any atom is -0.481 e. The topological polar surface area (TPSA) is 58.6 Å². The van der Waals surface area contributed by atoms with Gasteiger partial charge in [-0.25, -0.2) is 0 Å². The summed E-state index contributed by atoms with van der Waals surface area (Å²) >= 11 is 0. The van der Waals surface area contributed by atoms with Gasteiger partial charge < -0.3 is 15.0 Å². The maximum atomic E-state index is 12.8. The zero-order valence-corrected chi connectivity index (χ0v) is 17.4. The quantitative estimate of drug-likeness (QED) is 0.806. The summed E-state index contributed by atoms with van der Waals surface area (Å²) in [5, 5.41) is 3.08. The number of amides is 2. The Labute approximate surface area is 173 Å². The van der Waals surface area contributed by atoms with E-state index in [0.29, 0.717) is 24.6 Å². The predicted molar refractivity (Wildman–Crippen MR) is 114 cm³/mol. The van der Waals surface area contributed by atoms with Crippen molar-refractivity contribution in [3.63, 3.8) is 0 Å². The first-order valence-corrected chi connectivity index (χ1v) is 10.4. The molecule has 154 valence electrons. The van der Waals surface area contributed by atoms with E-state index in [1.807, 2.05) is 66.4 Å². The zero-order chi connectivity index (χ0) is 20.8. The summed E-state index contributed by atoms with van der Waals surface area (Å²) in [5.74, 6) is 1.04. The SMILES string of the molecule is CC(Oc1ccccc1C(C)C)C(=O)N1CCC(NC(=O)c2ccccc2)CC1. The number of nitrogens with one attached hydrogen (secondary N) is 1. The smallest absolute Gasteiger partial charge is 0.263 e. The summed E-state index contributed by atoms with van der Waals surface area (Å²) in [5.41, 5.74) is 1.77. The van der Waals surface area contributed by atoms with Crippen LogP contribution >= 0.6 is 0 Å². The first-order chi connectivity index (χ1) is 14.0. The number of likely N-dealkylation sites (tertiary alicyclic amines) is 1. The highest BCUT2D eigenvalue weighted by Gasteiger charge is 2.28. The molecule has 5 heteroatoms. The molecule has 0 aliphatic carbocycles. The molecule has 0 saturated carbocycles. The van der Waals surface area contributed by atoms with Gasteiger partial charge in [-0.1, -0.05) is 50.2 Å². The minimum atomic E-state index is -0.537. The van der Waals surface area contributed by atoms with Gasteiger partial charge in [-0.15, -0.1) is 0 Å². The lowest BCUT2D eigenvalue weighted by molar-refractivity contribution is -0.139. The van der Waals surface area contributed by atoms with Crippen LogP contribution in [0.4, 0.5) is 0 Å². The van der Waals surface area contributed by atoms with Crippen molar-refractivity contribution < 1.29 is 14.3 Å². The maximum absolute atomic E-state index is 12.8. The Bertz CT molecular complexity index is 827. The Morgan fingerprint density at radius 2 is 1.59 bits per heavy atom. The number of carbonyl (C=O) groups excluding carboxylic acids is 2. The van der Waals surface area contributed by atoms with E-state index in [1.165, 1.54) is 0 Å². The van der Waals surface area contributed by atoms with E-state index < -0.39 is 6.10 Å². The van der Waals surface area contributed by atoms with Crippen LogP contribution < -0.4 is 10.1 Å². The van der Waals surface area contributed by atoms with E-state index >= 15 is 0 Å². The number of nitrogens with zero attached hydrogens (tertiary/aromatic N) is 1. The number of hydrogen-bond acceptors (Lipinski definition) is 3. The molecule has 1 atom stereocenters. The molecule has 0 bridgehead atoms. The van der Waals surface area contributed by atoms with Gasteiger partial charge in [-0.2, -0.15) is 0 Å². The summed E-state index contributed by atoms with van der Waals surface area (Å²) in [6.45, 7) is 7.28. The second kappa shape index (κ2) is 9.59. The van der Waals surface area contributed by atoms with E-state index in [0.717, 1.165) is 24.2 Å². The molecule has 5 nitrogen and oxygen atoms in total. The average Bonchev–Trinajstić information content (AvgIpc) is 2.74. The molecule has 0 radical (unpaired) electrons. The summed E-state index contributed by atoms with van der Waals surface area (Å²) in [6, 6.07) is 17.2. The number of piperidine rings is 1. The molecule has 1 fully saturated rings. The Hall–Kier alpha value is -2.82. The number of ether oxygens (including phenoxy) is 1. The third-order valence-electron chi connectivity index (χ3n) is 5.37. The lowest BCUT2D eigenvalue weighted by Gasteiger charge is -2.34. The molecule has 1 unspecified atom stereocenters. The van der Waals surface area contributed by atoms with Crippen LogP contribution in [0.3, 0.4) is 0 Å². The first-order valence-electron chi connectivity index (χ1n) is 10.4. The predicted octanol–water partition coefficient (Wildman–Crippen LogP) is 4.00. The van der Waals surface area contributed by atoms with Crippen molar-refractivity contribution in [1.82, 2.24) is 10.2 Å². The minimum absolute atomic E-state index is 0.00334. The van der Waals surface area contributed by atoms with E-state index in [4.69, 9.17) is 4.74 Å². The standard InChI is InChI=1S/C24H30N2O3/c1-17(2)21-11-7-8-12-22(21)29-18(3)24(28)26-15-13-20(14-16-26)25-23(27)19-9-5-4-6-10-19/h4-12,17-18,20H,13-16H2,1-3H3,(H,25,27). The maximum Gasteiger partial charge on any atom is 0.263 e. The molecular formula is C24H30N2O3. The molecule has 29 heavy (non-hydrogen) atoms. The van der Waals surface area contributed by atoms with Crippen LogP contribution in [0.25, 0.3) is 0 Å². The molecule has 3 rings (SSSR count). The van der Waals surface area contributed by atoms with Crippen molar-refractivity contribution in [2.45, 2.75) is 51.7 Å². The lowest BCUT2D eigenvalue weighted by atomic mass is 10.0. The molecule has 2 amide bonds. The normalized spacial score (nSPS) is 15.8. The molecule has 1 saturated heterocycles. The summed E-state index contributed by atoms with van der Waals surface area (Å²) in [4.78, 5) is 27.0. The van der Waals surface area contributed by atoms with Gasteiger partial charge in [-0.3, -0.25) is 9.59 Å². The van der Waals surface area contributed by atoms with Gasteiger partial charge in [0, 0.05) is 24.7 Å². The number of hydrogen-bond donors (Lipinski definition) is 1. The fourth-order valence-electron chi connectivity index (χ4n) is 3.67. The van der Waals surface area contributed by atoms with Crippen molar-refractivity contribution in [1.29, 1.82) is 0 Å². The van der Waals surface area contributed by atoms with Crippen LogP contribution in [0, 0.1) is 0 Å². The number of benzene rings is 2. The third kappa shape index (κ3) is 5.37. The largest absolute Gasteiger partial charge is 0.481 e. The second-order valence-electron chi connectivity index (χ2n) is 7.89. The Morgan fingerprint density at radius 1 is 0.966 bits per heavy atom. The van der Waals surface area contributed by atoms with E-state index in [2.05, 4.69) is 19.2 Å². The summed E-state index contributed by atoms with van der Waals surface area (Å²) in [7, 11) is 0. The van der Waals surface area contributed by atoms with Gasteiger partial charge in [0.1, 0.15) is 5.75 Å². The molecule has 1 N–H and O–H groups in total. The number of carbonyl (C=O) groups is 2. The van der Waals surface area contributed by atoms with E-state index in [9.17, 15) is 9.59 Å². The molecule has 2 aromatic carbocycles. The van der Waals surface area contributed by atoms with Gasteiger partial charge in [-0.05, 0) is 49.4 Å². The van der Waals surface area contributed by atoms with Crippen molar-refractivity contribution in [2.75, 3.05) is 13.1 Å². The van der Waals surface area contributed by atoms with Crippen molar-refractivity contribution in [2.24, 2.45) is 0 Å². The van der Waals surface area contributed by atoms with Gasteiger partial charge in [0.15, 0.2) is 6.10 Å². The molecule has 1 heterocycles. The van der Waals surface area contributed by atoms with Crippen LogP contribution in [0.1, 0.15) is 55.5 Å². The highest BCUT2D eigenvalue weighted by atomic mass is 16.5. The van der Waals surface area contributed by atoms with Crippen molar-refractivity contribution >= 4 is 11.8 Å². The average molecular weight is 395 g/mol. The van der Waals surface area contributed by atoms with E-state index in [-0.39, 0.29) is 17.9 Å². The highest BCUT2D eigenvalue weighted by molar-refractivity contribution is 5.94. The van der Waals surface area contributed by atoms with Crippen molar-refractivity contribution in [3.8, 4) is 5.75 Å². The number of para-hydroxylation sites is 1. The van der Waals surface area contributed by atoms with Crippen molar-refractivity contribution in [3.05, 3.63) is 65.7 Å². The molecular weight excluding hydrogens is 364 g/mol. The van der Waals surface area contributed by atoms with Gasteiger partial charge >= 0.3 is 0 Å². The third-order valence-corrected chi connectivity index (χ3v) is 5.37. The van der Waals surface area contributed by atoms with Gasteiger partial charge in [0.2, 0.25) is 0 Å². The zero-order valence-electron chi connectivity index (χ0n) is 17.4. The van der Waals surface area contributed by atoms with Gasteiger partial charge in [0.25, 0.3) is 11.8 Å². The van der Waals surface area contributed by atoms with Gasteiger partial charge in [0.05, 0.1) is 0 Å². The van der Waals surface area contributed by atoms with Crippen LogP contribution in [-0.4, -0.2) is 41.9 Å². The monoisotopic (exact) mass is 394 g/mol. The van der Waals surface area contributed by atoms with E-state index in [1.54, 1.807) is 0 Å². The molecule has 1 aliphatic heterocycles. The summed E-state index contributed by atoms with van der Waals surface area (Å²) < 4.78 is 6.01. The van der Waals surface area contributed by atoms with Crippen LogP contribution in [0.2, 0.25) is 0 Å². The fraction of sp³-hybridized carbons (Fsp3) is 0.417. The second-order valence-corrected chi connectivity index (χ2v) is 7.89. The Morgan fingerprint density at radius 3 is 2.24 bits per heavy atom. The Balaban J connectivity index is 1.51. The number of rotatable bonds is 6. The molecule has 2 aromatic rings. The summed E-state index contributed by atoms with van der Waals surface area (Å²) in [6.07, 6.45) is 0.963. The van der Waals surface area contributed by atoms with Crippen LogP contribution in [-0.2, 0) is 4.79 Å². The lowest BCUT2D eigenvalue weighted by Crippen LogP contribution is -2.49. The molecule has 0 aromatic heterocycles. The molecule has 1 aliphatic rings. The van der Waals surface area contributed by atoms with Crippen LogP contribution in [0.5, 0.6) is 5.75 Å². The fourth-order valence-corrected chi connectivity index (χ4v) is 3.67.